The van der Waals surface area contributed by atoms with Crippen LogP contribution < -0.4 is 0 Å². The number of β-amino-alcohol motifs (C(OH)–C–C–N with tert-alkyl or cyclic N) is 1. The minimum Gasteiger partial charge on any atom is -0.387 e. The number of aliphatic hydroxyl groups excluding tert-OH is 1. The summed E-state index contributed by atoms with van der Waals surface area (Å²) < 4.78 is 15.7. The maximum atomic E-state index is 13.8. The number of benzene rings is 1. The van der Waals surface area contributed by atoms with E-state index in [9.17, 15) is 9.50 Å². The van der Waals surface area contributed by atoms with Crippen molar-refractivity contribution in [3.63, 3.8) is 0 Å². The molecule has 1 atom stereocenters. The lowest BCUT2D eigenvalue weighted by Crippen LogP contribution is -2.32. The van der Waals surface area contributed by atoms with Gasteiger partial charge in [0.2, 0.25) is 0 Å². The van der Waals surface area contributed by atoms with E-state index < -0.39 is 6.10 Å². The van der Waals surface area contributed by atoms with E-state index in [1.807, 2.05) is 30.5 Å². The van der Waals surface area contributed by atoms with Crippen molar-refractivity contribution >= 4 is 11.2 Å². The second-order valence-corrected chi connectivity index (χ2v) is 7.11. The molecule has 0 amide bonds. The number of nitrogens with zero attached hydrogens (tertiary/aromatic N) is 4. The zero-order chi connectivity index (χ0) is 19.0. The van der Waals surface area contributed by atoms with Gasteiger partial charge in [0.15, 0.2) is 5.65 Å². The zero-order valence-corrected chi connectivity index (χ0v) is 15.6. The molecule has 0 radical (unpaired) electrons. The van der Waals surface area contributed by atoms with Gasteiger partial charge in [-0.15, -0.1) is 0 Å². The predicted molar refractivity (Wildman–Crippen MR) is 103 cm³/mol. The van der Waals surface area contributed by atoms with Crippen LogP contribution in [-0.4, -0.2) is 44.2 Å². The van der Waals surface area contributed by atoms with Crippen molar-refractivity contribution in [3.05, 3.63) is 70.9 Å². The highest BCUT2D eigenvalue weighted by Crippen LogP contribution is 2.25. The van der Waals surface area contributed by atoms with Gasteiger partial charge >= 0.3 is 0 Å². The molecule has 0 saturated carbocycles. The molecule has 1 aliphatic rings. The van der Waals surface area contributed by atoms with E-state index in [1.54, 1.807) is 18.2 Å². The Morgan fingerprint density at radius 1 is 1.22 bits per heavy atom. The van der Waals surface area contributed by atoms with Gasteiger partial charge < -0.3 is 5.11 Å². The van der Waals surface area contributed by atoms with Crippen molar-refractivity contribution in [1.29, 1.82) is 0 Å². The van der Waals surface area contributed by atoms with Crippen LogP contribution in [0.2, 0.25) is 0 Å². The molecule has 140 valence electrons. The summed E-state index contributed by atoms with van der Waals surface area (Å²) in [6, 6.07) is 10.4. The standard InChI is InChI=1S/C21H23FN4O/c1-14-11-15(2)26-21(23-14)12-19(24-26)16-7-9-25(10-8-16)13-20(27)17-5-3-4-6-18(17)22/h3-7,11-12,20,27H,8-10,13H2,1-2H3/t20-/m1/s1. The fourth-order valence-electron chi connectivity index (χ4n) is 3.64. The van der Waals surface area contributed by atoms with Gasteiger partial charge in [0.25, 0.3) is 0 Å². The third-order valence-electron chi connectivity index (χ3n) is 5.05. The van der Waals surface area contributed by atoms with Crippen LogP contribution in [0.3, 0.4) is 0 Å². The number of aryl methyl sites for hydroxylation is 2. The predicted octanol–water partition coefficient (Wildman–Crippen LogP) is 3.31. The molecule has 0 aliphatic carbocycles. The van der Waals surface area contributed by atoms with Gasteiger partial charge in [-0.05, 0) is 38.0 Å². The number of aromatic nitrogens is 3. The number of aliphatic hydroxyl groups is 1. The van der Waals surface area contributed by atoms with Gasteiger partial charge in [0.1, 0.15) is 5.82 Å². The minimum atomic E-state index is -0.828. The number of rotatable bonds is 4. The Morgan fingerprint density at radius 3 is 2.78 bits per heavy atom. The maximum Gasteiger partial charge on any atom is 0.156 e. The molecule has 0 saturated heterocycles. The molecule has 0 fully saturated rings. The molecule has 1 aromatic carbocycles. The molecule has 0 bridgehead atoms. The molecular weight excluding hydrogens is 343 g/mol. The monoisotopic (exact) mass is 366 g/mol. The average Bonchev–Trinajstić information content (AvgIpc) is 3.07. The van der Waals surface area contributed by atoms with E-state index in [2.05, 4.69) is 16.0 Å². The van der Waals surface area contributed by atoms with Gasteiger partial charge in [-0.3, -0.25) is 4.90 Å². The molecule has 5 nitrogen and oxygen atoms in total. The van der Waals surface area contributed by atoms with Crippen molar-refractivity contribution in [1.82, 2.24) is 19.5 Å². The highest BCUT2D eigenvalue weighted by Gasteiger charge is 2.20. The van der Waals surface area contributed by atoms with Crippen molar-refractivity contribution in [2.75, 3.05) is 19.6 Å². The van der Waals surface area contributed by atoms with Gasteiger partial charge in [-0.1, -0.05) is 24.3 Å². The number of hydrogen-bond acceptors (Lipinski definition) is 4. The van der Waals surface area contributed by atoms with Crippen LogP contribution in [0, 0.1) is 19.7 Å². The van der Waals surface area contributed by atoms with Crippen molar-refractivity contribution in [2.24, 2.45) is 0 Å². The van der Waals surface area contributed by atoms with E-state index in [1.165, 1.54) is 11.6 Å². The SMILES string of the molecule is Cc1cc(C)n2nc(C3=CCN(C[C@@H](O)c4ccccc4F)CC3)cc2n1. The number of halogens is 1. The highest BCUT2D eigenvalue weighted by molar-refractivity contribution is 5.67. The second-order valence-electron chi connectivity index (χ2n) is 7.11. The summed E-state index contributed by atoms with van der Waals surface area (Å²) >= 11 is 0. The quantitative estimate of drug-likeness (QED) is 0.770. The lowest BCUT2D eigenvalue weighted by atomic mass is 10.0. The van der Waals surface area contributed by atoms with Crippen molar-refractivity contribution in [2.45, 2.75) is 26.4 Å². The van der Waals surface area contributed by atoms with Crippen LogP contribution in [0.1, 0.15) is 35.2 Å². The van der Waals surface area contributed by atoms with Crippen LogP contribution in [0.4, 0.5) is 4.39 Å². The molecule has 6 heteroatoms. The Kier molecular flexibility index (Phi) is 4.76. The van der Waals surface area contributed by atoms with E-state index in [0.29, 0.717) is 18.7 Å². The summed E-state index contributed by atoms with van der Waals surface area (Å²) in [4.78, 5) is 6.67. The lowest BCUT2D eigenvalue weighted by Gasteiger charge is -2.28. The molecule has 0 unspecified atom stereocenters. The first-order chi connectivity index (χ1) is 13.0. The van der Waals surface area contributed by atoms with Crippen LogP contribution >= 0.6 is 0 Å². The molecule has 3 heterocycles. The average molecular weight is 366 g/mol. The number of hydrogen-bond donors (Lipinski definition) is 1. The van der Waals surface area contributed by atoms with E-state index >= 15 is 0 Å². The zero-order valence-electron chi connectivity index (χ0n) is 15.6. The Hall–Kier alpha value is -2.57. The van der Waals surface area contributed by atoms with Gasteiger partial charge in [-0.25, -0.2) is 13.9 Å². The third-order valence-corrected chi connectivity index (χ3v) is 5.05. The van der Waals surface area contributed by atoms with Crippen LogP contribution in [0.15, 0.2) is 42.5 Å². The number of fused-ring (bicyclic) bond motifs is 1. The van der Waals surface area contributed by atoms with Crippen LogP contribution in [0.25, 0.3) is 11.2 Å². The minimum absolute atomic E-state index is 0.351. The third kappa shape index (κ3) is 3.63. The molecule has 0 spiro atoms. The summed E-state index contributed by atoms with van der Waals surface area (Å²) in [5.41, 5.74) is 5.40. The Balaban J connectivity index is 1.47. The smallest absolute Gasteiger partial charge is 0.156 e. The van der Waals surface area contributed by atoms with Crippen LogP contribution in [0.5, 0.6) is 0 Å². The normalized spacial score (nSPS) is 16.5. The second kappa shape index (κ2) is 7.21. The highest BCUT2D eigenvalue weighted by atomic mass is 19.1. The topological polar surface area (TPSA) is 53.7 Å². The molecular formula is C21H23FN4O. The molecule has 1 N–H and O–H groups in total. The molecule has 4 rings (SSSR count). The fraction of sp³-hybridized carbons (Fsp3) is 0.333. The first kappa shape index (κ1) is 17.8. The summed E-state index contributed by atoms with van der Waals surface area (Å²) in [6.45, 7) is 5.93. The van der Waals surface area contributed by atoms with Gasteiger partial charge in [-0.2, -0.15) is 5.10 Å². The van der Waals surface area contributed by atoms with Crippen molar-refractivity contribution in [3.8, 4) is 0 Å². The first-order valence-corrected chi connectivity index (χ1v) is 9.19. The Morgan fingerprint density at radius 2 is 2.04 bits per heavy atom. The maximum absolute atomic E-state index is 13.8. The van der Waals surface area contributed by atoms with Gasteiger partial charge in [0.05, 0.1) is 11.8 Å². The summed E-state index contributed by atoms with van der Waals surface area (Å²) in [5.74, 6) is -0.360. The Labute approximate surface area is 157 Å². The van der Waals surface area contributed by atoms with E-state index in [4.69, 9.17) is 5.10 Å². The summed E-state index contributed by atoms with van der Waals surface area (Å²) in [7, 11) is 0. The van der Waals surface area contributed by atoms with Crippen molar-refractivity contribution < 1.29 is 9.50 Å². The fourth-order valence-corrected chi connectivity index (χ4v) is 3.64. The Bertz CT molecular complexity index is 1010. The first-order valence-electron chi connectivity index (χ1n) is 9.19. The van der Waals surface area contributed by atoms with E-state index in [0.717, 1.165) is 35.7 Å². The largest absolute Gasteiger partial charge is 0.387 e. The molecule has 27 heavy (non-hydrogen) atoms. The van der Waals surface area contributed by atoms with E-state index in [-0.39, 0.29) is 5.82 Å². The van der Waals surface area contributed by atoms with Gasteiger partial charge in [0, 0.05) is 42.7 Å². The molecule has 3 aromatic rings. The summed E-state index contributed by atoms with van der Waals surface area (Å²) in [5, 5.41) is 15.1. The van der Waals surface area contributed by atoms with Crippen LogP contribution in [-0.2, 0) is 0 Å². The molecule has 2 aromatic heterocycles. The summed E-state index contributed by atoms with van der Waals surface area (Å²) in [6.07, 6.45) is 2.15. The lowest BCUT2D eigenvalue weighted by molar-refractivity contribution is 0.116. The molecule has 1 aliphatic heterocycles.